The van der Waals surface area contributed by atoms with Gasteiger partial charge in [-0.15, -0.1) is 0 Å². The zero-order valence-electron chi connectivity index (χ0n) is 29.5. The molecule has 1 aromatic carbocycles. The number of hydrogen-bond donors (Lipinski definition) is 7. The first-order valence-electron chi connectivity index (χ1n) is 17.2. The molecular weight excluding hydrogens is 726 g/mol. The fourth-order valence-electron chi connectivity index (χ4n) is 7.63. The van der Waals surface area contributed by atoms with Gasteiger partial charge < -0.3 is 41.1 Å². The number of likely N-dealkylation sites (N-methyl/N-ethyl adjacent to an activating group) is 1. The summed E-state index contributed by atoms with van der Waals surface area (Å²) in [7, 11) is 2.32. The highest BCUT2D eigenvalue weighted by molar-refractivity contribution is 7.32. The Morgan fingerprint density at radius 3 is 2.21 bits per heavy atom. The molecule has 0 heterocycles. The van der Waals surface area contributed by atoms with Gasteiger partial charge >= 0.3 is 12.1 Å². The molecule has 8 N–H and O–H groups in total. The number of aliphatic hydroxyl groups is 4. The van der Waals surface area contributed by atoms with Crippen molar-refractivity contribution < 1.29 is 67.2 Å². The number of aromatic hydroxyl groups is 1. The predicted octanol–water partition coefficient (Wildman–Crippen LogP) is 2.93. The number of hydrogen-bond acceptors (Lipinski definition) is 12. The van der Waals surface area contributed by atoms with Crippen LogP contribution in [0.1, 0.15) is 80.9 Å². The van der Waals surface area contributed by atoms with E-state index in [1.54, 1.807) is 13.0 Å². The van der Waals surface area contributed by atoms with E-state index in [9.17, 15) is 62.7 Å². The van der Waals surface area contributed by atoms with Crippen molar-refractivity contribution >= 4 is 43.9 Å². The van der Waals surface area contributed by atoms with Crippen molar-refractivity contribution in [3.63, 3.8) is 0 Å². The molecule has 14 nitrogen and oxygen atoms in total. The Morgan fingerprint density at radius 2 is 1.62 bits per heavy atom. The number of phenolic OH excluding ortho intramolecular Hbond substituents is 1. The Bertz CT molecular complexity index is 1710. The van der Waals surface area contributed by atoms with Crippen LogP contribution in [0.2, 0.25) is 0 Å². The van der Waals surface area contributed by atoms with E-state index in [0.29, 0.717) is 24.6 Å². The van der Waals surface area contributed by atoms with Crippen LogP contribution in [-0.2, 0) is 35.0 Å². The number of primary amides is 1. The van der Waals surface area contributed by atoms with Crippen molar-refractivity contribution in [1.29, 1.82) is 0 Å². The van der Waals surface area contributed by atoms with Gasteiger partial charge in [0.05, 0.1) is 32.4 Å². The molecule has 1 unspecified atom stereocenters. The molecule has 0 aliphatic heterocycles. The minimum atomic E-state index is -4.98. The SMILES string of the molecule is C[C@H]1c2ccc(CNC(=O)CCCCCCCCCPOC(=O)C(F)(F)F)c(O)c2C(O)=C2C(=O)[C@]3(O)C(O)=C(C(N)=O)C(=O)[C@@H](N(C)C)[C@@H]3[C@@H](O)[C@@H]21. The maximum Gasteiger partial charge on any atom is 0.491 e. The molecule has 1 saturated carbocycles. The fraction of sp³-hybridized carbons (Fsp3) is 0.571. The summed E-state index contributed by atoms with van der Waals surface area (Å²) in [6, 6.07) is 1.64. The highest BCUT2D eigenvalue weighted by atomic mass is 31.1. The number of aliphatic hydroxyl groups excluding tert-OH is 3. The lowest BCUT2D eigenvalue weighted by molar-refractivity contribution is -0.188. The van der Waals surface area contributed by atoms with Crippen LogP contribution in [0.3, 0.4) is 0 Å². The van der Waals surface area contributed by atoms with Gasteiger partial charge in [0.25, 0.3) is 5.91 Å². The summed E-state index contributed by atoms with van der Waals surface area (Å²) in [4.78, 5) is 64.2. The lowest BCUT2D eigenvalue weighted by Crippen LogP contribution is -2.70. The molecule has 53 heavy (non-hydrogen) atoms. The Balaban J connectivity index is 1.38. The van der Waals surface area contributed by atoms with E-state index in [2.05, 4.69) is 9.84 Å². The molecule has 2 amide bonds. The average molecular weight is 772 g/mol. The number of ketones is 2. The summed E-state index contributed by atoms with van der Waals surface area (Å²) in [5.74, 6) is -12.3. The van der Waals surface area contributed by atoms with Crippen LogP contribution in [0.4, 0.5) is 13.2 Å². The molecule has 1 aromatic rings. The number of rotatable bonds is 15. The second-order valence-corrected chi connectivity index (χ2v) is 14.9. The van der Waals surface area contributed by atoms with Gasteiger partial charge in [-0.25, -0.2) is 4.79 Å². The van der Waals surface area contributed by atoms with E-state index in [4.69, 9.17) is 5.73 Å². The Morgan fingerprint density at radius 1 is 1.02 bits per heavy atom. The Hall–Kier alpha value is -4.05. The molecule has 18 heteroatoms. The number of Topliss-reactive ketones (excluding diaryl/α,β-unsaturated/α-hetero) is 2. The molecule has 1 fully saturated rings. The van der Waals surface area contributed by atoms with Gasteiger partial charge in [-0.1, -0.05) is 51.2 Å². The summed E-state index contributed by atoms with van der Waals surface area (Å²) in [5, 5.41) is 60.1. The van der Waals surface area contributed by atoms with E-state index in [-0.39, 0.29) is 30.0 Å². The minimum Gasteiger partial charge on any atom is -0.508 e. The van der Waals surface area contributed by atoms with Crippen LogP contribution in [0.25, 0.3) is 5.76 Å². The number of carbonyl (C=O) groups is 5. The Labute approximate surface area is 305 Å². The molecule has 3 aliphatic rings. The van der Waals surface area contributed by atoms with Gasteiger partial charge in [-0.3, -0.25) is 24.1 Å². The third-order valence-electron chi connectivity index (χ3n) is 10.3. The van der Waals surface area contributed by atoms with Gasteiger partial charge in [-0.2, -0.15) is 13.2 Å². The number of halogens is 3. The highest BCUT2D eigenvalue weighted by Crippen LogP contribution is 2.56. The minimum absolute atomic E-state index is 0.141. The zero-order valence-corrected chi connectivity index (χ0v) is 30.5. The van der Waals surface area contributed by atoms with Crippen LogP contribution in [-0.4, -0.2) is 104 Å². The lowest BCUT2D eigenvalue weighted by Gasteiger charge is -2.53. The largest absolute Gasteiger partial charge is 0.508 e. The van der Waals surface area contributed by atoms with Gasteiger partial charge in [0.1, 0.15) is 22.8 Å². The summed E-state index contributed by atoms with van der Waals surface area (Å²) in [6.07, 6.45) is -0.845. The van der Waals surface area contributed by atoms with Gasteiger partial charge in [-0.05, 0) is 38.4 Å². The summed E-state index contributed by atoms with van der Waals surface area (Å²) in [5.41, 5.74) is 1.17. The molecule has 292 valence electrons. The third kappa shape index (κ3) is 8.08. The monoisotopic (exact) mass is 771 g/mol. The maximum atomic E-state index is 14.1. The molecule has 0 bridgehead atoms. The molecule has 0 saturated heterocycles. The van der Waals surface area contributed by atoms with Crippen molar-refractivity contribution in [2.45, 2.75) is 94.7 Å². The standard InChI is InChI=1S/C35H45F3N3O11P/c1-16-18-13-12-17(15-40-19(42)11-9-7-5-4-6-8-10-14-53-52-33(50)35(36,37)38)26(43)21(18)27(44)22-20(16)28(45)24-25(41(2)3)29(46)23(32(39)49)31(48)34(24,51)30(22)47/h12-13,16,20,24-25,28,43-45,48,51,53H,4-11,14-15H2,1-3H3,(H2,39,49)(H,40,42)/t16-,20+,24+,25-,28-,34-/m0/s1. The van der Waals surface area contributed by atoms with E-state index >= 15 is 0 Å². The lowest BCUT2D eigenvalue weighted by atomic mass is 9.54. The number of unbranched alkanes of at least 4 members (excludes halogenated alkanes) is 6. The number of nitrogens with two attached hydrogens (primary N) is 1. The van der Waals surface area contributed by atoms with Gasteiger partial charge in [0.15, 0.2) is 11.4 Å². The molecule has 0 radical (unpaired) electrons. The average Bonchev–Trinajstić information content (AvgIpc) is 3.07. The normalized spacial score (nSPS) is 25.8. The van der Waals surface area contributed by atoms with E-state index in [1.807, 2.05) is 0 Å². The van der Waals surface area contributed by atoms with Crippen molar-refractivity contribution in [2.75, 3.05) is 20.3 Å². The number of phenols is 1. The van der Waals surface area contributed by atoms with Crippen molar-refractivity contribution in [3.05, 3.63) is 45.7 Å². The summed E-state index contributed by atoms with van der Waals surface area (Å²) >= 11 is 0. The first-order valence-corrected chi connectivity index (χ1v) is 18.3. The Kier molecular flexibility index (Phi) is 13.0. The number of nitrogens with one attached hydrogen (secondary N) is 1. The van der Waals surface area contributed by atoms with Crippen molar-refractivity contribution in [2.24, 2.45) is 17.6 Å². The number of nitrogens with zero attached hydrogens (tertiary/aromatic N) is 1. The number of benzene rings is 1. The third-order valence-corrected chi connectivity index (χ3v) is 11.2. The van der Waals surface area contributed by atoms with Crippen LogP contribution >= 0.6 is 8.81 Å². The first kappa shape index (κ1) is 41.7. The second kappa shape index (κ2) is 16.5. The van der Waals surface area contributed by atoms with Gasteiger partial charge in [0, 0.05) is 36.2 Å². The molecule has 4 rings (SSSR count). The molecule has 7 atom stereocenters. The summed E-state index contributed by atoms with van der Waals surface area (Å²) < 4.78 is 40.5. The number of alkyl halides is 3. The van der Waals surface area contributed by atoms with Crippen LogP contribution in [0.15, 0.2) is 29.0 Å². The highest BCUT2D eigenvalue weighted by Gasteiger charge is 2.68. The quantitative estimate of drug-likeness (QED) is 0.0775. The smallest absolute Gasteiger partial charge is 0.491 e. The van der Waals surface area contributed by atoms with Crippen LogP contribution in [0, 0.1) is 11.8 Å². The molecule has 0 aromatic heterocycles. The van der Waals surface area contributed by atoms with E-state index in [1.165, 1.54) is 25.1 Å². The van der Waals surface area contributed by atoms with E-state index in [0.717, 1.165) is 32.1 Å². The summed E-state index contributed by atoms with van der Waals surface area (Å²) in [6.45, 7) is 1.48. The number of carbonyl (C=O) groups excluding carboxylic acids is 5. The fourth-order valence-corrected chi connectivity index (χ4v) is 8.37. The predicted molar refractivity (Wildman–Crippen MR) is 184 cm³/mol. The van der Waals surface area contributed by atoms with Crippen LogP contribution in [0.5, 0.6) is 5.75 Å². The van der Waals surface area contributed by atoms with Crippen molar-refractivity contribution in [1.82, 2.24) is 10.2 Å². The number of fused-ring (bicyclic) bond motifs is 3. The zero-order chi connectivity index (χ0) is 39.6. The molecule has 3 aliphatic carbocycles. The van der Waals surface area contributed by atoms with E-state index < -0.39 is 102 Å². The molecular formula is C35H45F3N3O11P. The molecule has 0 spiro atoms. The topological polar surface area (TPSA) is 237 Å². The van der Waals surface area contributed by atoms with Gasteiger partial charge in [0.2, 0.25) is 11.7 Å². The second-order valence-electron chi connectivity index (χ2n) is 13.9. The van der Waals surface area contributed by atoms with Crippen molar-refractivity contribution in [3.8, 4) is 5.75 Å². The number of amides is 2. The van der Waals surface area contributed by atoms with Crippen LogP contribution < -0.4 is 11.1 Å². The maximum absolute atomic E-state index is 14.1. The first-order chi connectivity index (χ1) is 24.8.